The van der Waals surface area contributed by atoms with Gasteiger partial charge in [0.05, 0.1) is 7.11 Å². The van der Waals surface area contributed by atoms with Crippen LogP contribution >= 0.6 is 0 Å². The number of aromatic hydroxyl groups is 1. The molecule has 1 rings (SSSR count). The molecule has 1 aromatic carbocycles. The number of nitrogens with zero attached hydrogens (tertiary/aromatic N) is 1. The molecular formula is C15H26N2O2. The molecule has 2 N–H and O–H groups in total. The van der Waals surface area contributed by atoms with Gasteiger partial charge >= 0.3 is 0 Å². The quantitative estimate of drug-likeness (QED) is 0.673. The van der Waals surface area contributed by atoms with Gasteiger partial charge in [-0.05, 0) is 37.7 Å². The van der Waals surface area contributed by atoms with E-state index in [4.69, 9.17) is 4.74 Å². The van der Waals surface area contributed by atoms with Crippen LogP contribution in [0.15, 0.2) is 18.2 Å². The zero-order chi connectivity index (χ0) is 14.1. The molecule has 1 aromatic rings. The standard InChI is InChI=1S/C15H26N2O2/c1-4-9-17(5-2)10-8-16-12-13-11-14(19-3)6-7-15(13)18/h6-7,11,16,18H,4-5,8-10,12H2,1-3H3. The lowest BCUT2D eigenvalue weighted by Gasteiger charge is -2.19. The first-order valence-corrected chi connectivity index (χ1v) is 7.00. The number of methoxy groups -OCH3 is 1. The molecule has 0 spiro atoms. The molecule has 0 bridgehead atoms. The van der Waals surface area contributed by atoms with E-state index < -0.39 is 0 Å². The second kappa shape index (κ2) is 8.77. The monoisotopic (exact) mass is 266 g/mol. The summed E-state index contributed by atoms with van der Waals surface area (Å²) < 4.78 is 5.16. The lowest BCUT2D eigenvalue weighted by Crippen LogP contribution is -2.32. The fourth-order valence-corrected chi connectivity index (χ4v) is 2.03. The zero-order valence-corrected chi connectivity index (χ0v) is 12.3. The van der Waals surface area contributed by atoms with E-state index >= 15 is 0 Å². The Morgan fingerprint density at radius 2 is 2.05 bits per heavy atom. The fourth-order valence-electron chi connectivity index (χ4n) is 2.03. The van der Waals surface area contributed by atoms with Gasteiger partial charge < -0.3 is 20.1 Å². The van der Waals surface area contributed by atoms with Crippen LogP contribution in [0.2, 0.25) is 0 Å². The van der Waals surface area contributed by atoms with E-state index in [1.165, 1.54) is 6.42 Å². The third kappa shape index (κ3) is 5.49. The van der Waals surface area contributed by atoms with Crippen molar-refractivity contribution in [3.05, 3.63) is 23.8 Å². The second-order valence-electron chi connectivity index (χ2n) is 4.61. The maximum atomic E-state index is 9.76. The van der Waals surface area contributed by atoms with Crippen LogP contribution in [0.3, 0.4) is 0 Å². The minimum absolute atomic E-state index is 0.314. The van der Waals surface area contributed by atoms with Crippen molar-refractivity contribution in [2.45, 2.75) is 26.8 Å². The molecule has 0 aliphatic heterocycles. The average molecular weight is 266 g/mol. The summed E-state index contributed by atoms with van der Waals surface area (Å²) in [6.07, 6.45) is 1.19. The van der Waals surface area contributed by atoms with E-state index in [1.807, 2.05) is 6.07 Å². The second-order valence-corrected chi connectivity index (χ2v) is 4.61. The molecule has 0 aliphatic rings. The van der Waals surface area contributed by atoms with Gasteiger partial charge in [0.2, 0.25) is 0 Å². The Morgan fingerprint density at radius 1 is 1.26 bits per heavy atom. The van der Waals surface area contributed by atoms with Crippen molar-refractivity contribution in [2.24, 2.45) is 0 Å². The summed E-state index contributed by atoms with van der Waals surface area (Å²) in [4.78, 5) is 2.42. The van der Waals surface area contributed by atoms with Gasteiger partial charge in [0.25, 0.3) is 0 Å². The van der Waals surface area contributed by atoms with E-state index in [0.29, 0.717) is 12.3 Å². The molecule has 0 saturated carbocycles. The molecule has 0 aliphatic carbocycles. The summed E-state index contributed by atoms with van der Waals surface area (Å²) in [7, 11) is 1.63. The van der Waals surface area contributed by atoms with Crippen molar-refractivity contribution in [3.8, 4) is 11.5 Å². The van der Waals surface area contributed by atoms with Crippen LogP contribution in [0.1, 0.15) is 25.8 Å². The Bertz CT molecular complexity index is 369. The maximum absolute atomic E-state index is 9.76. The van der Waals surface area contributed by atoms with Crippen LogP contribution < -0.4 is 10.1 Å². The number of phenols is 1. The maximum Gasteiger partial charge on any atom is 0.120 e. The SMILES string of the molecule is CCCN(CC)CCNCc1cc(OC)ccc1O. The first kappa shape index (κ1) is 15.8. The normalized spacial score (nSPS) is 10.9. The molecule has 0 heterocycles. The Labute approximate surface area is 116 Å². The van der Waals surface area contributed by atoms with Gasteiger partial charge in [-0.1, -0.05) is 13.8 Å². The Balaban J connectivity index is 2.36. The Kier molecular flexibility index (Phi) is 7.30. The number of nitrogens with one attached hydrogen (secondary N) is 1. The van der Waals surface area contributed by atoms with Gasteiger partial charge in [0, 0.05) is 25.2 Å². The van der Waals surface area contributed by atoms with Crippen molar-refractivity contribution in [3.63, 3.8) is 0 Å². The van der Waals surface area contributed by atoms with E-state index in [-0.39, 0.29) is 0 Å². The molecule has 0 saturated heterocycles. The molecular weight excluding hydrogens is 240 g/mol. The topological polar surface area (TPSA) is 44.7 Å². The number of hydrogen-bond acceptors (Lipinski definition) is 4. The smallest absolute Gasteiger partial charge is 0.120 e. The molecule has 0 aromatic heterocycles. The predicted molar refractivity (Wildman–Crippen MR) is 78.8 cm³/mol. The summed E-state index contributed by atoms with van der Waals surface area (Å²) in [6.45, 7) is 9.22. The number of likely N-dealkylation sites (N-methyl/N-ethyl adjacent to an activating group) is 1. The molecule has 0 unspecified atom stereocenters. The van der Waals surface area contributed by atoms with Gasteiger partial charge in [-0.15, -0.1) is 0 Å². The number of phenolic OH excluding ortho intramolecular Hbond substituents is 1. The van der Waals surface area contributed by atoms with Crippen LogP contribution in [-0.4, -0.2) is 43.3 Å². The van der Waals surface area contributed by atoms with Crippen molar-refractivity contribution >= 4 is 0 Å². The average Bonchev–Trinajstić information content (AvgIpc) is 2.44. The molecule has 108 valence electrons. The van der Waals surface area contributed by atoms with E-state index in [0.717, 1.165) is 37.5 Å². The predicted octanol–water partition coefficient (Wildman–Crippen LogP) is 2.22. The third-order valence-corrected chi connectivity index (χ3v) is 3.19. The molecule has 19 heavy (non-hydrogen) atoms. The van der Waals surface area contributed by atoms with Gasteiger partial charge in [-0.25, -0.2) is 0 Å². The number of hydrogen-bond donors (Lipinski definition) is 2. The molecule has 0 atom stereocenters. The van der Waals surface area contributed by atoms with E-state index in [1.54, 1.807) is 19.2 Å². The number of ether oxygens (including phenoxy) is 1. The van der Waals surface area contributed by atoms with E-state index in [9.17, 15) is 5.11 Å². The highest BCUT2D eigenvalue weighted by molar-refractivity contribution is 5.39. The summed E-state index contributed by atoms with van der Waals surface area (Å²) in [5, 5.41) is 13.1. The van der Waals surface area contributed by atoms with Crippen molar-refractivity contribution < 1.29 is 9.84 Å². The molecule has 0 fully saturated rings. The molecule has 0 amide bonds. The van der Waals surface area contributed by atoms with E-state index in [2.05, 4.69) is 24.1 Å². The van der Waals surface area contributed by atoms with Crippen molar-refractivity contribution in [1.29, 1.82) is 0 Å². The van der Waals surface area contributed by atoms with Gasteiger partial charge in [-0.3, -0.25) is 0 Å². The summed E-state index contributed by atoms with van der Waals surface area (Å²) >= 11 is 0. The van der Waals surface area contributed by atoms with Gasteiger partial charge in [0.1, 0.15) is 11.5 Å². The molecule has 4 heteroatoms. The van der Waals surface area contributed by atoms with Gasteiger partial charge in [0.15, 0.2) is 0 Å². The summed E-state index contributed by atoms with van der Waals surface area (Å²) in [5.41, 5.74) is 0.873. The number of benzene rings is 1. The highest BCUT2D eigenvalue weighted by Gasteiger charge is 2.04. The Morgan fingerprint density at radius 3 is 2.68 bits per heavy atom. The molecule has 4 nitrogen and oxygen atoms in total. The largest absolute Gasteiger partial charge is 0.508 e. The minimum atomic E-state index is 0.314. The van der Waals surface area contributed by atoms with Crippen LogP contribution in [0.25, 0.3) is 0 Å². The van der Waals surface area contributed by atoms with Crippen molar-refractivity contribution in [1.82, 2.24) is 10.2 Å². The van der Waals surface area contributed by atoms with Crippen LogP contribution in [0.5, 0.6) is 11.5 Å². The zero-order valence-electron chi connectivity index (χ0n) is 12.3. The van der Waals surface area contributed by atoms with Crippen molar-refractivity contribution in [2.75, 3.05) is 33.3 Å². The highest BCUT2D eigenvalue weighted by Crippen LogP contribution is 2.22. The first-order valence-electron chi connectivity index (χ1n) is 7.00. The van der Waals surface area contributed by atoms with Crippen LogP contribution in [-0.2, 0) is 6.54 Å². The van der Waals surface area contributed by atoms with Crippen LogP contribution in [0.4, 0.5) is 0 Å². The van der Waals surface area contributed by atoms with Gasteiger partial charge in [-0.2, -0.15) is 0 Å². The highest BCUT2D eigenvalue weighted by atomic mass is 16.5. The Hall–Kier alpha value is -1.26. The lowest BCUT2D eigenvalue weighted by molar-refractivity contribution is 0.287. The fraction of sp³-hybridized carbons (Fsp3) is 0.600. The minimum Gasteiger partial charge on any atom is -0.508 e. The summed E-state index contributed by atoms with van der Waals surface area (Å²) in [5.74, 6) is 1.09. The number of rotatable bonds is 9. The molecule has 0 radical (unpaired) electrons. The summed E-state index contributed by atoms with van der Waals surface area (Å²) in [6, 6.07) is 5.30. The lowest BCUT2D eigenvalue weighted by atomic mass is 10.2. The first-order chi connectivity index (χ1) is 9.21. The van der Waals surface area contributed by atoms with Crippen LogP contribution in [0, 0.1) is 0 Å². The third-order valence-electron chi connectivity index (χ3n) is 3.19.